The Kier molecular flexibility index (Phi) is 3.22. The lowest BCUT2D eigenvalue weighted by Gasteiger charge is -2.10. The van der Waals surface area contributed by atoms with Crippen LogP contribution in [0.4, 0.5) is 4.39 Å². The van der Waals surface area contributed by atoms with Gasteiger partial charge < -0.3 is 10.5 Å². The Balaban J connectivity index is 1.90. The van der Waals surface area contributed by atoms with Gasteiger partial charge in [0.25, 0.3) is 0 Å². The molecule has 3 heteroatoms. The second-order valence-corrected chi connectivity index (χ2v) is 4.85. The molecule has 19 heavy (non-hydrogen) atoms. The minimum atomic E-state index is -0.245. The second-order valence-electron chi connectivity index (χ2n) is 4.85. The maximum atomic E-state index is 13.4. The lowest BCUT2D eigenvalue weighted by molar-refractivity contribution is 0.303. The van der Waals surface area contributed by atoms with Crippen LogP contribution in [0.1, 0.15) is 18.4 Å². The molecule has 0 saturated heterocycles. The van der Waals surface area contributed by atoms with Gasteiger partial charge in [0.2, 0.25) is 0 Å². The van der Waals surface area contributed by atoms with Crippen molar-refractivity contribution in [3.8, 4) is 16.9 Å². The Hall–Kier alpha value is -1.87. The standard InChI is InChI=1S/C16H16FNO/c17-13-4-1-12(10-18)16(9-13)11-2-5-14(6-3-11)19-15-7-8-15/h1-6,9,15H,7-8,10,18H2. The first kappa shape index (κ1) is 12.2. The van der Waals surface area contributed by atoms with Crippen molar-refractivity contribution >= 4 is 0 Å². The smallest absolute Gasteiger partial charge is 0.123 e. The third-order valence-electron chi connectivity index (χ3n) is 3.28. The summed E-state index contributed by atoms with van der Waals surface area (Å²) in [5, 5.41) is 0. The van der Waals surface area contributed by atoms with Crippen molar-refractivity contribution in [1.82, 2.24) is 0 Å². The molecule has 1 saturated carbocycles. The topological polar surface area (TPSA) is 35.2 Å². The van der Waals surface area contributed by atoms with Crippen molar-refractivity contribution in [2.75, 3.05) is 0 Å². The molecule has 1 aliphatic carbocycles. The van der Waals surface area contributed by atoms with E-state index in [2.05, 4.69) is 0 Å². The van der Waals surface area contributed by atoms with Gasteiger partial charge in [0.1, 0.15) is 11.6 Å². The molecule has 0 atom stereocenters. The Bertz CT molecular complexity index is 576. The third kappa shape index (κ3) is 2.76. The monoisotopic (exact) mass is 257 g/mol. The van der Waals surface area contributed by atoms with Gasteiger partial charge in [-0.1, -0.05) is 18.2 Å². The average molecular weight is 257 g/mol. The first-order chi connectivity index (χ1) is 9.26. The summed E-state index contributed by atoms with van der Waals surface area (Å²) in [5.41, 5.74) is 8.45. The molecule has 2 N–H and O–H groups in total. The lowest BCUT2D eigenvalue weighted by Crippen LogP contribution is -2.00. The minimum Gasteiger partial charge on any atom is -0.490 e. The van der Waals surface area contributed by atoms with E-state index in [4.69, 9.17) is 10.5 Å². The molecular formula is C16H16FNO. The minimum absolute atomic E-state index is 0.245. The molecule has 0 bridgehead atoms. The van der Waals surface area contributed by atoms with Crippen molar-refractivity contribution in [1.29, 1.82) is 0 Å². The highest BCUT2D eigenvalue weighted by Crippen LogP contribution is 2.30. The van der Waals surface area contributed by atoms with E-state index in [1.54, 1.807) is 6.07 Å². The number of benzene rings is 2. The van der Waals surface area contributed by atoms with Crippen LogP contribution in [-0.2, 0) is 6.54 Å². The van der Waals surface area contributed by atoms with Gasteiger partial charge in [0.15, 0.2) is 0 Å². The van der Waals surface area contributed by atoms with E-state index in [0.29, 0.717) is 12.6 Å². The van der Waals surface area contributed by atoms with E-state index in [1.165, 1.54) is 12.1 Å². The predicted octanol–water partition coefficient (Wildman–Crippen LogP) is 3.49. The highest BCUT2D eigenvalue weighted by molar-refractivity contribution is 5.68. The lowest BCUT2D eigenvalue weighted by atomic mass is 9.99. The van der Waals surface area contributed by atoms with Crippen LogP contribution in [0.25, 0.3) is 11.1 Å². The number of rotatable bonds is 4. The van der Waals surface area contributed by atoms with Crippen molar-refractivity contribution in [2.24, 2.45) is 5.73 Å². The molecule has 0 radical (unpaired) electrons. The van der Waals surface area contributed by atoms with Gasteiger partial charge in [0.05, 0.1) is 6.10 Å². The molecule has 2 nitrogen and oxygen atoms in total. The van der Waals surface area contributed by atoms with Crippen LogP contribution in [0.5, 0.6) is 5.75 Å². The summed E-state index contributed by atoms with van der Waals surface area (Å²) >= 11 is 0. The van der Waals surface area contributed by atoms with Gasteiger partial charge in [-0.25, -0.2) is 4.39 Å². The maximum Gasteiger partial charge on any atom is 0.123 e. The van der Waals surface area contributed by atoms with Crippen LogP contribution < -0.4 is 10.5 Å². The predicted molar refractivity (Wildman–Crippen MR) is 73.4 cm³/mol. The second kappa shape index (κ2) is 5.02. The molecule has 2 aromatic carbocycles. The summed E-state index contributed by atoms with van der Waals surface area (Å²) in [7, 11) is 0. The molecule has 2 aromatic rings. The Labute approximate surface area is 112 Å². The molecule has 0 amide bonds. The van der Waals surface area contributed by atoms with Gasteiger partial charge >= 0.3 is 0 Å². The number of nitrogens with two attached hydrogens (primary N) is 1. The molecule has 0 aliphatic heterocycles. The van der Waals surface area contributed by atoms with Crippen LogP contribution >= 0.6 is 0 Å². The summed E-state index contributed by atoms with van der Waals surface area (Å²) in [6, 6.07) is 12.5. The summed E-state index contributed by atoms with van der Waals surface area (Å²) in [6.45, 7) is 0.399. The molecule has 3 rings (SSSR count). The molecule has 0 heterocycles. The first-order valence-electron chi connectivity index (χ1n) is 6.52. The zero-order chi connectivity index (χ0) is 13.2. The summed E-state index contributed by atoms with van der Waals surface area (Å²) in [5.74, 6) is 0.627. The Morgan fingerprint density at radius 1 is 1.11 bits per heavy atom. The molecule has 1 aliphatic rings. The Morgan fingerprint density at radius 3 is 2.47 bits per heavy atom. The molecule has 0 unspecified atom stereocenters. The van der Waals surface area contributed by atoms with E-state index < -0.39 is 0 Å². The number of halogens is 1. The SMILES string of the molecule is NCc1ccc(F)cc1-c1ccc(OC2CC2)cc1. The van der Waals surface area contributed by atoms with Crippen LogP contribution in [-0.4, -0.2) is 6.10 Å². The first-order valence-corrected chi connectivity index (χ1v) is 6.52. The molecule has 98 valence electrons. The number of hydrogen-bond donors (Lipinski definition) is 1. The van der Waals surface area contributed by atoms with E-state index in [9.17, 15) is 4.39 Å². The van der Waals surface area contributed by atoms with Crippen LogP contribution in [0.2, 0.25) is 0 Å². The van der Waals surface area contributed by atoms with Gasteiger partial charge in [0, 0.05) is 6.54 Å². The average Bonchev–Trinajstić information content (AvgIpc) is 3.23. The molecule has 0 aromatic heterocycles. The summed E-state index contributed by atoms with van der Waals surface area (Å²) < 4.78 is 19.1. The van der Waals surface area contributed by atoms with E-state index >= 15 is 0 Å². The summed E-state index contributed by atoms with van der Waals surface area (Å²) in [6.07, 6.45) is 2.67. The highest BCUT2D eigenvalue weighted by atomic mass is 19.1. The molecule has 0 spiro atoms. The summed E-state index contributed by atoms with van der Waals surface area (Å²) in [4.78, 5) is 0. The quantitative estimate of drug-likeness (QED) is 0.910. The molecular weight excluding hydrogens is 241 g/mol. The van der Waals surface area contributed by atoms with Gasteiger partial charge in [-0.2, -0.15) is 0 Å². The third-order valence-corrected chi connectivity index (χ3v) is 3.28. The Morgan fingerprint density at radius 2 is 1.84 bits per heavy atom. The van der Waals surface area contributed by atoms with Crippen LogP contribution in [0.15, 0.2) is 42.5 Å². The fourth-order valence-corrected chi connectivity index (χ4v) is 2.09. The van der Waals surface area contributed by atoms with Crippen LogP contribution in [0, 0.1) is 5.82 Å². The number of hydrogen-bond acceptors (Lipinski definition) is 2. The van der Waals surface area contributed by atoms with Crippen LogP contribution in [0.3, 0.4) is 0 Å². The molecule has 1 fully saturated rings. The van der Waals surface area contributed by atoms with E-state index in [0.717, 1.165) is 35.3 Å². The van der Waals surface area contributed by atoms with Crippen molar-refractivity contribution < 1.29 is 9.13 Å². The largest absolute Gasteiger partial charge is 0.490 e. The zero-order valence-corrected chi connectivity index (χ0v) is 10.6. The van der Waals surface area contributed by atoms with E-state index in [1.807, 2.05) is 24.3 Å². The van der Waals surface area contributed by atoms with Crippen molar-refractivity contribution in [2.45, 2.75) is 25.5 Å². The highest BCUT2D eigenvalue weighted by Gasteiger charge is 2.23. The van der Waals surface area contributed by atoms with Gasteiger partial charge in [-0.3, -0.25) is 0 Å². The zero-order valence-electron chi connectivity index (χ0n) is 10.6. The van der Waals surface area contributed by atoms with Gasteiger partial charge in [-0.15, -0.1) is 0 Å². The van der Waals surface area contributed by atoms with E-state index in [-0.39, 0.29) is 5.82 Å². The van der Waals surface area contributed by atoms with Gasteiger partial charge in [-0.05, 0) is 53.8 Å². The fraction of sp³-hybridized carbons (Fsp3) is 0.250. The van der Waals surface area contributed by atoms with Crippen molar-refractivity contribution in [3.63, 3.8) is 0 Å². The fourth-order valence-electron chi connectivity index (χ4n) is 2.09. The normalized spacial score (nSPS) is 14.4. The maximum absolute atomic E-state index is 13.4. The number of ether oxygens (including phenoxy) is 1. The van der Waals surface area contributed by atoms with Crippen molar-refractivity contribution in [3.05, 3.63) is 53.8 Å².